The van der Waals surface area contributed by atoms with Crippen molar-refractivity contribution < 1.29 is 4.79 Å². The van der Waals surface area contributed by atoms with Crippen molar-refractivity contribution in [3.05, 3.63) is 29.3 Å². The van der Waals surface area contributed by atoms with Crippen molar-refractivity contribution in [3.63, 3.8) is 0 Å². The molecular formula is C18H26ClN3O. The first-order valence-electron chi connectivity index (χ1n) is 8.55. The number of nitrogens with zero attached hydrogens (tertiary/aromatic N) is 2. The Hall–Kier alpha value is -1.26. The first-order valence-corrected chi connectivity index (χ1v) is 8.93. The Kier molecular flexibility index (Phi) is 4.83. The minimum absolute atomic E-state index is 0.0195. The van der Waals surface area contributed by atoms with Gasteiger partial charge in [0.25, 0.3) is 0 Å². The summed E-state index contributed by atoms with van der Waals surface area (Å²) >= 11 is 6.07. The minimum atomic E-state index is -0.348. The van der Waals surface area contributed by atoms with E-state index in [2.05, 4.69) is 11.0 Å². The van der Waals surface area contributed by atoms with Gasteiger partial charge in [-0.05, 0) is 38.0 Å². The quantitative estimate of drug-likeness (QED) is 0.904. The van der Waals surface area contributed by atoms with Crippen molar-refractivity contribution in [2.24, 2.45) is 11.7 Å². The van der Waals surface area contributed by atoms with E-state index in [0.29, 0.717) is 0 Å². The number of piperazine rings is 1. The van der Waals surface area contributed by atoms with Gasteiger partial charge in [-0.25, -0.2) is 0 Å². The molecule has 0 bridgehead atoms. The molecule has 1 aromatic rings. The number of anilines is 1. The van der Waals surface area contributed by atoms with Gasteiger partial charge in [-0.3, -0.25) is 4.79 Å². The number of amides is 1. The molecule has 0 radical (unpaired) electrons. The molecule has 2 unspecified atom stereocenters. The smallest absolute Gasteiger partial charge is 0.227 e. The first kappa shape index (κ1) is 16.6. The van der Waals surface area contributed by atoms with E-state index < -0.39 is 0 Å². The van der Waals surface area contributed by atoms with Crippen molar-refractivity contribution in [1.29, 1.82) is 0 Å². The number of carbonyl (C=O) groups is 1. The van der Waals surface area contributed by atoms with Crippen LogP contribution in [-0.4, -0.2) is 42.5 Å². The maximum Gasteiger partial charge on any atom is 0.227 e. The summed E-state index contributed by atoms with van der Waals surface area (Å²) in [6, 6.07) is 7.91. The van der Waals surface area contributed by atoms with Crippen LogP contribution < -0.4 is 10.6 Å². The fraction of sp³-hybridized carbons (Fsp3) is 0.611. The fourth-order valence-electron chi connectivity index (χ4n) is 3.84. The van der Waals surface area contributed by atoms with Crippen molar-refractivity contribution in [1.82, 2.24) is 4.90 Å². The Morgan fingerprint density at radius 2 is 2.00 bits per heavy atom. The largest absolute Gasteiger partial charge is 0.368 e. The Balaban J connectivity index is 1.61. The molecule has 1 aliphatic carbocycles. The highest BCUT2D eigenvalue weighted by Crippen LogP contribution is 2.33. The zero-order valence-corrected chi connectivity index (χ0v) is 14.6. The van der Waals surface area contributed by atoms with Crippen molar-refractivity contribution >= 4 is 23.2 Å². The van der Waals surface area contributed by atoms with E-state index in [9.17, 15) is 4.79 Å². The van der Waals surface area contributed by atoms with Crippen molar-refractivity contribution in [3.8, 4) is 0 Å². The summed E-state index contributed by atoms with van der Waals surface area (Å²) in [6.07, 6.45) is 4.14. The Morgan fingerprint density at radius 3 is 2.65 bits per heavy atom. The highest BCUT2D eigenvalue weighted by Gasteiger charge is 2.40. The van der Waals surface area contributed by atoms with Crippen molar-refractivity contribution in [2.75, 3.05) is 31.1 Å². The molecule has 2 aliphatic rings. The molecule has 1 aliphatic heterocycles. The maximum absolute atomic E-state index is 12.9. The summed E-state index contributed by atoms with van der Waals surface area (Å²) in [5.74, 6) is 0.231. The molecule has 0 aromatic heterocycles. The number of rotatable bonds is 2. The highest BCUT2D eigenvalue weighted by atomic mass is 35.5. The van der Waals surface area contributed by atoms with Crippen molar-refractivity contribution in [2.45, 2.75) is 38.1 Å². The summed E-state index contributed by atoms with van der Waals surface area (Å²) in [7, 11) is 0. The van der Waals surface area contributed by atoms with Gasteiger partial charge in [-0.1, -0.05) is 30.5 Å². The highest BCUT2D eigenvalue weighted by molar-refractivity contribution is 6.30. The lowest BCUT2D eigenvalue weighted by atomic mass is 9.74. The zero-order valence-electron chi connectivity index (χ0n) is 13.8. The number of benzene rings is 1. The molecule has 23 heavy (non-hydrogen) atoms. The lowest BCUT2D eigenvalue weighted by molar-refractivity contribution is -0.139. The van der Waals surface area contributed by atoms with Gasteiger partial charge in [-0.2, -0.15) is 0 Å². The van der Waals surface area contributed by atoms with Crippen LogP contribution in [0.5, 0.6) is 0 Å². The van der Waals surface area contributed by atoms with E-state index in [4.69, 9.17) is 17.3 Å². The lowest BCUT2D eigenvalue weighted by Crippen LogP contribution is -2.57. The molecule has 3 rings (SSSR count). The third kappa shape index (κ3) is 3.64. The second-order valence-electron chi connectivity index (χ2n) is 7.10. The topological polar surface area (TPSA) is 49.6 Å². The molecule has 4 nitrogen and oxygen atoms in total. The average molecular weight is 336 g/mol. The Morgan fingerprint density at radius 1 is 1.26 bits per heavy atom. The van der Waals surface area contributed by atoms with Gasteiger partial charge < -0.3 is 15.5 Å². The molecule has 1 saturated heterocycles. The van der Waals surface area contributed by atoms with Gasteiger partial charge in [-0.15, -0.1) is 0 Å². The number of nitrogens with two attached hydrogens (primary N) is 1. The first-order chi connectivity index (χ1) is 11.0. The summed E-state index contributed by atoms with van der Waals surface area (Å²) in [6.45, 7) is 5.26. The van der Waals surface area contributed by atoms with E-state index >= 15 is 0 Å². The van der Waals surface area contributed by atoms with Crippen LogP contribution in [0.1, 0.15) is 32.6 Å². The number of hydrogen-bond donors (Lipinski definition) is 1. The lowest BCUT2D eigenvalue weighted by Gasteiger charge is -2.42. The van der Waals surface area contributed by atoms with Crippen LogP contribution >= 0.6 is 11.6 Å². The van der Waals surface area contributed by atoms with E-state index in [1.165, 1.54) is 0 Å². The molecule has 2 N–H and O–H groups in total. The van der Waals surface area contributed by atoms with Crippen LogP contribution in [0.15, 0.2) is 24.3 Å². The SMILES string of the molecule is CC1(N)CCCCC1C(=O)N1CCN(c2cccc(Cl)c2)CC1. The summed E-state index contributed by atoms with van der Waals surface area (Å²) in [5, 5.41) is 0.752. The predicted octanol–water partition coefficient (Wildman–Crippen LogP) is 2.90. The molecule has 0 spiro atoms. The summed E-state index contributed by atoms with van der Waals surface area (Å²) in [4.78, 5) is 17.2. The molecular weight excluding hydrogens is 310 g/mol. The van der Waals surface area contributed by atoms with Crippen LogP contribution in [0.3, 0.4) is 0 Å². The predicted molar refractivity (Wildman–Crippen MR) is 94.8 cm³/mol. The average Bonchev–Trinajstić information content (AvgIpc) is 2.54. The zero-order chi connectivity index (χ0) is 16.4. The van der Waals surface area contributed by atoms with Gasteiger partial charge >= 0.3 is 0 Å². The molecule has 1 saturated carbocycles. The van der Waals surface area contributed by atoms with E-state index in [1.54, 1.807) is 0 Å². The third-order valence-electron chi connectivity index (χ3n) is 5.32. The minimum Gasteiger partial charge on any atom is -0.368 e. The van der Waals surface area contributed by atoms with Crippen LogP contribution in [-0.2, 0) is 4.79 Å². The standard InChI is InChI=1S/C18H26ClN3O/c1-18(20)8-3-2-7-16(18)17(23)22-11-9-21(10-12-22)15-6-4-5-14(19)13-15/h4-6,13,16H,2-3,7-12,20H2,1H3. The Labute approximate surface area is 143 Å². The third-order valence-corrected chi connectivity index (χ3v) is 5.55. The van der Waals surface area contributed by atoms with Gasteiger partial charge in [0.1, 0.15) is 0 Å². The van der Waals surface area contributed by atoms with Crippen LogP contribution in [0.2, 0.25) is 5.02 Å². The number of hydrogen-bond acceptors (Lipinski definition) is 3. The molecule has 126 valence electrons. The van der Waals surface area contributed by atoms with Crippen LogP contribution in [0, 0.1) is 5.92 Å². The maximum atomic E-state index is 12.9. The van der Waals surface area contributed by atoms with Gasteiger partial charge in [0.15, 0.2) is 0 Å². The van der Waals surface area contributed by atoms with E-state index in [-0.39, 0.29) is 17.4 Å². The fourth-order valence-corrected chi connectivity index (χ4v) is 4.03. The monoisotopic (exact) mass is 335 g/mol. The molecule has 5 heteroatoms. The normalized spacial score (nSPS) is 28.7. The van der Waals surface area contributed by atoms with Gasteiger partial charge in [0.05, 0.1) is 5.92 Å². The molecule has 2 fully saturated rings. The molecule has 1 amide bonds. The second-order valence-corrected chi connectivity index (χ2v) is 7.53. The Bertz CT molecular complexity index is 567. The second kappa shape index (κ2) is 6.70. The van der Waals surface area contributed by atoms with Crippen LogP contribution in [0.25, 0.3) is 0 Å². The summed E-state index contributed by atoms with van der Waals surface area (Å²) in [5.41, 5.74) is 7.17. The van der Waals surface area contributed by atoms with E-state index in [1.807, 2.05) is 30.0 Å². The van der Waals surface area contributed by atoms with Gasteiger partial charge in [0.2, 0.25) is 5.91 Å². The number of halogens is 1. The molecule has 1 aromatic carbocycles. The number of carbonyl (C=O) groups excluding carboxylic acids is 1. The van der Waals surface area contributed by atoms with E-state index in [0.717, 1.165) is 62.6 Å². The summed E-state index contributed by atoms with van der Waals surface area (Å²) < 4.78 is 0. The van der Waals surface area contributed by atoms with Crippen LogP contribution in [0.4, 0.5) is 5.69 Å². The molecule has 2 atom stereocenters. The van der Waals surface area contributed by atoms with Gasteiger partial charge in [0, 0.05) is 42.4 Å². The molecule has 1 heterocycles.